The van der Waals surface area contributed by atoms with Crippen molar-refractivity contribution in [3.8, 4) is 0 Å². The molecule has 0 radical (unpaired) electrons. The molecule has 0 saturated carbocycles. The second-order valence-electron chi connectivity index (χ2n) is 5.78. The Hall–Kier alpha value is -1.71. The SMILES string of the molecule is CC(C)(C)c1cccc(C2CNC(=NO)NC2)c1. The lowest BCUT2D eigenvalue weighted by Crippen LogP contribution is -2.48. The molecule has 1 aliphatic rings. The van der Waals surface area contributed by atoms with Crippen molar-refractivity contribution in [2.24, 2.45) is 5.16 Å². The molecule has 4 heteroatoms. The third-order valence-corrected chi connectivity index (χ3v) is 3.36. The molecule has 18 heavy (non-hydrogen) atoms. The first-order valence-corrected chi connectivity index (χ1v) is 6.31. The summed E-state index contributed by atoms with van der Waals surface area (Å²) >= 11 is 0. The molecule has 0 atom stereocenters. The van der Waals surface area contributed by atoms with E-state index in [2.05, 4.69) is 60.8 Å². The van der Waals surface area contributed by atoms with Gasteiger partial charge in [0.2, 0.25) is 5.96 Å². The summed E-state index contributed by atoms with van der Waals surface area (Å²) in [5.74, 6) is 0.857. The zero-order valence-electron chi connectivity index (χ0n) is 11.2. The first-order chi connectivity index (χ1) is 8.50. The molecule has 0 aliphatic carbocycles. The van der Waals surface area contributed by atoms with Crippen molar-refractivity contribution < 1.29 is 5.21 Å². The van der Waals surface area contributed by atoms with Gasteiger partial charge >= 0.3 is 0 Å². The maximum atomic E-state index is 8.66. The first kappa shape index (κ1) is 12.7. The molecule has 1 heterocycles. The third kappa shape index (κ3) is 2.75. The topological polar surface area (TPSA) is 56.7 Å². The van der Waals surface area contributed by atoms with E-state index in [1.54, 1.807) is 0 Å². The van der Waals surface area contributed by atoms with Crippen molar-refractivity contribution in [3.63, 3.8) is 0 Å². The molecule has 0 aromatic heterocycles. The average molecular weight is 247 g/mol. The number of rotatable bonds is 1. The highest BCUT2D eigenvalue weighted by Gasteiger charge is 2.20. The van der Waals surface area contributed by atoms with Crippen LogP contribution in [0.25, 0.3) is 0 Å². The normalized spacial score (nSPS) is 19.9. The largest absolute Gasteiger partial charge is 0.408 e. The highest BCUT2D eigenvalue weighted by Crippen LogP contribution is 2.26. The standard InChI is InChI=1S/C14H21N3O/c1-14(2,3)12-6-4-5-10(7-12)11-8-15-13(17-18)16-9-11/h4-7,11,18H,8-9H2,1-3H3,(H2,15,16,17). The summed E-state index contributed by atoms with van der Waals surface area (Å²) in [4.78, 5) is 0. The minimum Gasteiger partial charge on any atom is -0.408 e. The number of nitrogens with zero attached hydrogens (tertiary/aromatic N) is 1. The van der Waals surface area contributed by atoms with Gasteiger partial charge in [0.1, 0.15) is 0 Å². The van der Waals surface area contributed by atoms with Gasteiger partial charge in [0, 0.05) is 19.0 Å². The quantitative estimate of drug-likeness (QED) is 0.525. The molecule has 0 bridgehead atoms. The van der Waals surface area contributed by atoms with Gasteiger partial charge in [0.15, 0.2) is 0 Å². The lowest BCUT2D eigenvalue weighted by atomic mass is 9.84. The molecular formula is C14H21N3O. The van der Waals surface area contributed by atoms with Crippen LogP contribution in [0.2, 0.25) is 0 Å². The van der Waals surface area contributed by atoms with Crippen LogP contribution in [0.4, 0.5) is 0 Å². The van der Waals surface area contributed by atoms with Crippen molar-refractivity contribution in [3.05, 3.63) is 35.4 Å². The van der Waals surface area contributed by atoms with Gasteiger partial charge in [-0.1, -0.05) is 50.2 Å². The summed E-state index contributed by atoms with van der Waals surface area (Å²) in [6.45, 7) is 8.25. The Morgan fingerprint density at radius 3 is 2.44 bits per heavy atom. The van der Waals surface area contributed by atoms with E-state index in [1.807, 2.05) is 0 Å². The summed E-state index contributed by atoms with van der Waals surface area (Å²) in [6.07, 6.45) is 0. The van der Waals surface area contributed by atoms with Gasteiger partial charge in [-0.05, 0) is 16.5 Å². The summed E-state index contributed by atoms with van der Waals surface area (Å²) < 4.78 is 0. The van der Waals surface area contributed by atoms with E-state index >= 15 is 0 Å². The molecule has 2 rings (SSSR count). The number of nitrogens with one attached hydrogen (secondary N) is 2. The highest BCUT2D eigenvalue weighted by molar-refractivity contribution is 5.80. The fourth-order valence-electron chi connectivity index (χ4n) is 2.14. The molecule has 0 unspecified atom stereocenters. The Balaban J connectivity index is 2.15. The fraction of sp³-hybridized carbons (Fsp3) is 0.500. The zero-order chi connectivity index (χ0) is 13.2. The van der Waals surface area contributed by atoms with Crippen LogP contribution in [0.15, 0.2) is 29.4 Å². The number of oxime groups is 1. The van der Waals surface area contributed by atoms with Gasteiger partial charge in [-0.3, -0.25) is 0 Å². The van der Waals surface area contributed by atoms with Crippen molar-refractivity contribution in [2.75, 3.05) is 13.1 Å². The zero-order valence-corrected chi connectivity index (χ0v) is 11.2. The molecule has 98 valence electrons. The first-order valence-electron chi connectivity index (χ1n) is 6.31. The van der Waals surface area contributed by atoms with Gasteiger partial charge in [0.05, 0.1) is 0 Å². The van der Waals surface area contributed by atoms with Gasteiger partial charge in [0.25, 0.3) is 0 Å². The van der Waals surface area contributed by atoms with E-state index in [-0.39, 0.29) is 5.41 Å². The predicted molar refractivity (Wildman–Crippen MR) is 73.1 cm³/mol. The highest BCUT2D eigenvalue weighted by atomic mass is 16.4. The maximum Gasteiger partial charge on any atom is 0.233 e. The van der Waals surface area contributed by atoms with E-state index in [0.717, 1.165) is 13.1 Å². The molecule has 0 spiro atoms. The van der Waals surface area contributed by atoms with E-state index in [1.165, 1.54) is 11.1 Å². The van der Waals surface area contributed by atoms with Crippen LogP contribution in [0.1, 0.15) is 37.8 Å². The Morgan fingerprint density at radius 2 is 1.89 bits per heavy atom. The van der Waals surface area contributed by atoms with Crippen molar-refractivity contribution >= 4 is 5.96 Å². The van der Waals surface area contributed by atoms with Crippen LogP contribution in [-0.2, 0) is 5.41 Å². The van der Waals surface area contributed by atoms with E-state index in [9.17, 15) is 0 Å². The molecule has 4 nitrogen and oxygen atoms in total. The summed E-state index contributed by atoms with van der Waals surface area (Å²) in [5.41, 5.74) is 2.84. The second-order valence-corrected chi connectivity index (χ2v) is 5.78. The van der Waals surface area contributed by atoms with Gasteiger partial charge in [-0.15, -0.1) is 0 Å². The molecule has 0 amide bonds. The van der Waals surface area contributed by atoms with E-state index < -0.39 is 0 Å². The third-order valence-electron chi connectivity index (χ3n) is 3.36. The Kier molecular flexibility index (Phi) is 3.45. The van der Waals surface area contributed by atoms with Crippen molar-refractivity contribution in [1.82, 2.24) is 10.6 Å². The molecule has 1 saturated heterocycles. The van der Waals surface area contributed by atoms with Crippen LogP contribution in [0.3, 0.4) is 0 Å². The number of guanidine groups is 1. The summed E-state index contributed by atoms with van der Waals surface area (Å²) in [6, 6.07) is 8.72. The number of benzene rings is 1. The summed E-state index contributed by atoms with van der Waals surface area (Å²) in [5, 5.41) is 17.9. The molecule has 1 aliphatic heterocycles. The molecule has 1 fully saturated rings. The Labute approximate surface area is 108 Å². The van der Waals surface area contributed by atoms with E-state index in [4.69, 9.17) is 5.21 Å². The Bertz CT molecular complexity index is 439. The predicted octanol–water partition coefficient (Wildman–Crippen LogP) is 2.01. The summed E-state index contributed by atoms with van der Waals surface area (Å²) in [7, 11) is 0. The lowest BCUT2D eigenvalue weighted by Gasteiger charge is -2.27. The van der Waals surface area contributed by atoms with Crippen LogP contribution in [-0.4, -0.2) is 24.3 Å². The van der Waals surface area contributed by atoms with Gasteiger partial charge in [-0.25, -0.2) is 0 Å². The average Bonchev–Trinajstić information content (AvgIpc) is 2.38. The number of hydrogen-bond donors (Lipinski definition) is 3. The molecule has 1 aromatic rings. The smallest absolute Gasteiger partial charge is 0.233 e. The second kappa shape index (κ2) is 4.88. The fourth-order valence-corrected chi connectivity index (χ4v) is 2.14. The lowest BCUT2D eigenvalue weighted by molar-refractivity contribution is 0.311. The maximum absolute atomic E-state index is 8.66. The van der Waals surface area contributed by atoms with Crippen LogP contribution >= 0.6 is 0 Å². The number of hydrogen-bond acceptors (Lipinski definition) is 2. The minimum atomic E-state index is 0.170. The van der Waals surface area contributed by atoms with E-state index in [0.29, 0.717) is 11.9 Å². The van der Waals surface area contributed by atoms with Crippen molar-refractivity contribution in [1.29, 1.82) is 0 Å². The van der Waals surface area contributed by atoms with Gasteiger partial charge < -0.3 is 15.8 Å². The molecule has 3 N–H and O–H groups in total. The van der Waals surface area contributed by atoms with Crippen LogP contribution in [0.5, 0.6) is 0 Å². The molecule has 1 aromatic carbocycles. The monoisotopic (exact) mass is 247 g/mol. The molecular weight excluding hydrogens is 226 g/mol. The van der Waals surface area contributed by atoms with Crippen molar-refractivity contribution in [2.45, 2.75) is 32.1 Å². The van der Waals surface area contributed by atoms with Crippen LogP contribution < -0.4 is 10.6 Å². The van der Waals surface area contributed by atoms with Gasteiger partial charge in [-0.2, -0.15) is 0 Å². The Morgan fingerprint density at radius 1 is 1.22 bits per heavy atom. The minimum absolute atomic E-state index is 0.170. The van der Waals surface area contributed by atoms with Crippen LogP contribution in [0, 0.1) is 0 Å².